The Morgan fingerprint density at radius 1 is 1.19 bits per heavy atom. The van der Waals surface area contributed by atoms with Crippen molar-refractivity contribution < 1.29 is 19.2 Å². The van der Waals surface area contributed by atoms with Crippen LogP contribution in [0.3, 0.4) is 0 Å². The summed E-state index contributed by atoms with van der Waals surface area (Å²) in [6, 6.07) is 6.49. The Balaban J connectivity index is 1.98. The van der Waals surface area contributed by atoms with Gasteiger partial charge in [0.05, 0.1) is 45.7 Å². The van der Waals surface area contributed by atoms with Gasteiger partial charge in [0.25, 0.3) is 0 Å². The number of quaternary nitrogens is 1. The third kappa shape index (κ3) is 3.56. The lowest BCUT2D eigenvalue weighted by atomic mass is 9.90. The number of carbonyl (C=O) groups is 1. The molecule has 21 heavy (non-hydrogen) atoms. The van der Waals surface area contributed by atoms with Crippen molar-refractivity contribution in [3.8, 4) is 11.5 Å². The average molecular weight is 292 g/mol. The molecule has 0 saturated carbocycles. The highest BCUT2D eigenvalue weighted by atomic mass is 16.5. The summed E-state index contributed by atoms with van der Waals surface area (Å²) >= 11 is 0. The Morgan fingerprint density at radius 3 is 2.57 bits per heavy atom. The van der Waals surface area contributed by atoms with Crippen LogP contribution in [-0.4, -0.2) is 39.1 Å². The van der Waals surface area contributed by atoms with Crippen molar-refractivity contribution in [2.24, 2.45) is 5.92 Å². The molecule has 1 unspecified atom stereocenters. The van der Waals surface area contributed by atoms with Gasteiger partial charge in [-0.25, -0.2) is 0 Å². The Bertz CT molecular complexity index is 501. The summed E-state index contributed by atoms with van der Waals surface area (Å²) in [7, 11) is 3.31. The fourth-order valence-corrected chi connectivity index (χ4v) is 3.07. The lowest BCUT2D eigenvalue weighted by Gasteiger charge is -2.33. The minimum Gasteiger partial charge on any atom is -0.493 e. The highest BCUT2D eigenvalue weighted by molar-refractivity contribution is 5.81. The summed E-state index contributed by atoms with van der Waals surface area (Å²) in [6.07, 6.45) is 1.70. The number of piperidine rings is 1. The van der Waals surface area contributed by atoms with Crippen molar-refractivity contribution in [1.29, 1.82) is 0 Å². The van der Waals surface area contributed by atoms with Crippen LogP contribution in [0.2, 0.25) is 0 Å². The number of nitrogens with one attached hydrogen (secondary N) is 1. The SMILES string of the molecule is COc1ccc(CC[NH+]2CCC(=O)[C@H](C)[C@@H]2C)cc1OC. The van der Waals surface area contributed by atoms with Crippen LogP contribution < -0.4 is 14.4 Å². The largest absolute Gasteiger partial charge is 0.493 e. The summed E-state index contributed by atoms with van der Waals surface area (Å²) in [4.78, 5) is 13.3. The van der Waals surface area contributed by atoms with E-state index in [2.05, 4.69) is 19.9 Å². The number of likely N-dealkylation sites (tertiary alicyclic amines) is 1. The van der Waals surface area contributed by atoms with Gasteiger partial charge in [-0.05, 0) is 31.5 Å². The van der Waals surface area contributed by atoms with Crippen LogP contribution in [-0.2, 0) is 11.2 Å². The first-order chi connectivity index (χ1) is 10.1. The van der Waals surface area contributed by atoms with Gasteiger partial charge in [0, 0.05) is 6.42 Å². The summed E-state index contributed by atoms with van der Waals surface area (Å²) in [5.74, 6) is 2.14. The molecule has 1 fully saturated rings. The van der Waals surface area contributed by atoms with Gasteiger partial charge in [-0.1, -0.05) is 6.07 Å². The van der Waals surface area contributed by atoms with Crippen LogP contribution in [0.15, 0.2) is 18.2 Å². The second-order valence-electron chi connectivity index (χ2n) is 5.89. The van der Waals surface area contributed by atoms with E-state index in [0.29, 0.717) is 18.2 Å². The topological polar surface area (TPSA) is 40.0 Å². The molecule has 0 spiro atoms. The third-order valence-electron chi connectivity index (χ3n) is 4.78. The van der Waals surface area contributed by atoms with Crippen LogP contribution in [0.5, 0.6) is 11.5 Å². The molecule has 116 valence electrons. The molecule has 4 nitrogen and oxygen atoms in total. The predicted octanol–water partition coefficient (Wildman–Crippen LogP) is 1.13. The van der Waals surface area contributed by atoms with E-state index in [1.165, 1.54) is 10.5 Å². The highest BCUT2D eigenvalue weighted by Gasteiger charge is 2.33. The standard InChI is InChI=1S/C17H25NO3/c1-12-13(2)18(10-8-15(12)19)9-7-14-5-6-16(20-3)17(11-14)21-4/h5-6,11-13H,7-10H2,1-4H3/p+1/t12-,13+/m1/s1. The van der Waals surface area contributed by atoms with Gasteiger partial charge in [-0.3, -0.25) is 4.79 Å². The summed E-state index contributed by atoms with van der Waals surface area (Å²) in [5, 5.41) is 0. The first-order valence-electron chi connectivity index (χ1n) is 7.65. The molecule has 1 heterocycles. The number of carbonyl (C=O) groups excluding carboxylic acids is 1. The Kier molecular flexibility index (Phi) is 5.23. The maximum Gasteiger partial charge on any atom is 0.160 e. The van der Waals surface area contributed by atoms with Gasteiger partial charge in [-0.2, -0.15) is 0 Å². The average Bonchev–Trinajstić information content (AvgIpc) is 2.51. The fourth-order valence-electron chi connectivity index (χ4n) is 3.07. The van der Waals surface area contributed by atoms with E-state index in [0.717, 1.165) is 31.0 Å². The van der Waals surface area contributed by atoms with Crippen LogP contribution in [0, 0.1) is 5.92 Å². The molecule has 0 aromatic heterocycles. The summed E-state index contributed by atoms with van der Waals surface area (Å²) in [5.41, 5.74) is 1.25. The number of ketones is 1. The summed E-state index contributed by atoms with van der Waals surface area (Å²) in [6.45, 7) is 6.25. The number of hydrogen-bond acceptors (Lipinski definition) is 3. The van der Waals surface area contributed by atoms with Crippen LogP contribution in [0.25, 0.3) is 0 Å². The summed E-state index contributed by atoms with van der Waals surface area (Å²) < 4.78 is 10.6. The minimum absolute atomic E-state index is 0.180. The zero-order valence-electron chi connectivity index (χ0n) is 13.4. The highest BCUT2D eigenvalue weighted by Crippen LogP contribution is 2.27. The van der Waals surface area contributed by atoms with Crippen molar-refractivity contribution in [2.45, 2.75) is 32.7 Å². The third-order valence-corrected chi connectivity index (χ3v) is 4.78. The van der Waals surface area contributed by atoms with E-state index in [9.17, 15) is 4.79 Å². The maximum atomic E-state index is 11.7. The zero-order chi connectivity index (χ0) is 15.4. The van der Waals surface area contributed by atoms with Gasteiger partial charge >= 0.3 is 0 Å². The van der Waals surface area contributed by atoms with E-state index in [1.807, 2.05) is 12.1 Å². The molecule has 1 aliphatic heterocycles. The van der Waals surface area contributed by atoms with Crippen LogP contribution in [0.4, 0.5) is 0 Å². The van der Waals surface area contributed by atoms with E-state index >= 15 is 0 Å². The van der Waals surface area contributed by atoms with Gasteiger partial charge in [-0.15, -0.1) is 0 Å². The van der Waals surface area contributed by atoms with Gasteiger partial charge in [0.1, 0.15) is 5.78 Å². The monoisotopic (exact) mass is 292 g/mol. The molecule has 0 radical (unpaired) electrons. The molecule has 1 aromatic rings. The second-order valence-corrected chi connectivity index (χ2v) is 5.89. The molecule has 4 heteroatoms. The lowest BCUT2D eigenvalue weighted by molar-refractivity contribution is -0.928. The predicted molar refractivity (Wildman–Crippen MR) is 82.2 cm³/mol. The van der Waals surface area contributed by atoms with Gasteiger partial charge in [0.15, 0.2) is 11.5 Å². The van der Waals surface area contributed by atoms with E-state index in [4.69, 9.17) is 9.47 Å². The van der Waals surface area contributed by atoms with Crippen LogP contribution >= 0.6 is 0 Å². The van der Waals surface area contributed by atoms with E-state index < -0.39 is 0 Å². The number of hydrogen-bond donors (Lipinski definition) is 1. The van der Waals surface area contributed by atoms with Crippen molar-refractivity contribution in [2.75, 3.05) is 27.3 Å². The first-order valence-corrected chi connectivity index (χ1v) is 7.65. The normalized spacial score (nSPS) is 25.7. The van der Waals surface area contributed by atoms with E-state index in [1.54, 1.807) is 14.2 Å². The Hall–Kier alpha value is -1.55. The lowest BCUT2D eigenvalue weighted by Crippen LogP contribution is -3.17. The van der Waals surface area contributed by atoms with Crippen molar-refractivity contribution in [1.82, 2.24) is 0 Å². The molecule has 1 aromatic carbocycles. The molecule has 2 rings (SSSR count). The molecular formula is C17H26NO3+. The van der Waals surface area contributed by atoms with E-state index in [-0.39, 0.29) is 5.92 Å². The quantitative estimate of drug-likeness (QED) is 0.884. The molecule has 0 aliphatic carbocycles. The van der Waals surface area contributed by atoms with Crippen LogP contribution in [0.1, 0.15) is 25.8 Å². The molecule has 1 N–H and O–H groups in total. The first kappa shape index (κ1) is 15.8. The Morgan fingerprint density at radius 2 is 1.90 bits per heavy atom. The minimum atomic E-state index is 0.180. The molecule has 0 bridgehead atoms. The molecular weight excluding hydrogens is 266 g/mol. The number of methoxy groups -OCH3 is 2. The molecule has 0 amide bonds. The maximum absolute atomic E-state index is 11.7. The molecule has 1 aliphatic rings. The Labute approximate surface area is 127 Å². The molecule has 3 atom stereocenters. The van der Waals surface area contributed by atoms with Gasteiger partial charge in [0.2, 0.25) is 0 Å². The zero-order valence-corrected chi connectivity index (χ0v) is 13.4. The number of Topliss-reactive ketones (excluding diaryl/α,β-unsaturated/α-hetero) is 1. The fraction of sp³-hybridized carbons (Fsp3) is 0.588. The number of benzene rings is 1. The van der Waals surface area contributed by atoms with Crippen molar-refractivity contribution in [3.05, 3.63) is 23.8 Å². The second kappa shape index (κ2) is 6.94. The molecule has 1 saturated heterocycles. The number of rotatable bonds is 5. The number of ether oxygens (including phenoxy) is 2. The van der Waals surface area contributed by atoms with Crippen molar-refractivity contribution >= 4 is 5.78 Å². The van der Waals surface area contributed by atoms with Crippen molar-refractivity contribution in [3.63, 3.8) is 0 Å². The van der Waals surface area contributed by atoms with Gasteiger partial charge < -0.3 is 14.4 Å². The smallest absolute Gasteiger partial charge is 0.160 e.